The molecule has 4 heteroatoms. The lowest BCUT2D eigenvalue weighted by molar-refractivity contribution is -0.141. The number of hydrogen-bond donors (Lipinski definition) is 2. The van der Waals surface area contributed by atoms with E-state index in [1.807, 2.05) is 0 Å². The number of hydrogen-bond acceptors (Lipinski definition) is 2. The molecule has 0 unspecified atom stereocenters. The molecule has 4 N–H and O–H groups in total. The average Bonchev–Trinajstić information content (AvgIpc) is 2.16. The summed E-state index contributed by atoms with van der Waals surface area (Å²) in [5.41, 5.74) is 0. The highest BCUT2D eigenvalue weighted by Gasteiger charge is 2.03. The molecular formula is C9H20N2O2+2. The zero-order valence-electron chi connectivity index (χ0n) is 8.51. The summed E-state index contributed by atoms with van der Waals surface area (Å²) in [6.07, 6.45) is 4.81. The van der Waals surface area contributed by atoms with Gasteiger partial charge in [0.15, 0.2) is 0 Å². The van der Waals surface area contributed by atoms with Gasteiger partial charge in [-0.2, -0.15) is 0 Å². The Balaban J connectivity index is 3.17. The Morgan fingerprint density at radius 2 is 1.23 bits per heavy atom. The minimum Gasteiger partial charge on any atom is -0.451 e. The number of nitrogens with two attached hydrogens (primary N) is 2. The molecule has 0 aliphatic rings. The molecule has 76 valence electrons. The van der Waals surface area contributed by atoms with Crippen LogP contribution in [0.1, 0.15) is 32.1 Å². The van der Waals surface area contributed by atoms with Crippen molar-refractivity contribution in [2.75, 3.05) is 14.2 Å². The van der Waals surface area contributed by atoms with Gasteiger partial charge in [-0.25, -0.2) is 10.8 Å². The van der Waals surface area contributed by atoms with Crippen LogP contribution in [0.25, 0.3) is 0 Å². The summed E-state index contributed by atoms with van der Waals surface area (Å²) in [6, 6.07) is 0. The Bertz CT molecular complexity index is 151. The van der Waals surface area contributed by atoms with Crippen molar-refractivity contribution >= 4 is 11.8 Å². The van der Waals surface area contributed by atoms with Crippen molar-refractivity contribution in [2.45, 2.75) is 32.1 Å². The molecule has 0 heterocycles. The number of ether oxygens (including phenoxy) is 2. The summed E-state index contributed by atoms with van der Waals surface area (Å²) in [5.74, 6) is 1.20. The van der Waals surface area contributed by atoms with Crippen molar-refractivity contribution in [1.82, 2.24) is 0 Å². The second kappa shape index (κ2) is 7.58. The van der Waals surface area contributed by atoms with Crippen molar-refractivity contribution < 1.29 is 20.3 Å². The second-order valence-electron chi connectivity index (χ2n) is 2.90. The molecule has 13 heavy (non-hydrogen) atoms. The minimum atomic E-state index is 0.601. The average molecular weight is 188 g/mol. The summed E-state index contributed by atoms with van der Waals surface area (Å²) in [5, 5.41) is 11.0. The van der Waals surface area contributed by atoms with Crippen LogP contribution in [-0.4, -0.2) is 26.0 Å². The van der Waals surface area contributed by atoms with Crippen molar-refractivity contribution in [3.63, 3.8) is 0 Å². The first-order valence-corrected chi connectivity index (χ1v) is 4.51. The molecule has 0 aliphatic heterocycles. The van der Waals surface area contributed by atoms with Gasteiger partial charge >= 0.3 is 11.8 Å². The van der Waals surface area contributed by atoms with Crippen LogP contribution in [0, 0.1) is 0 Å². The lowest BCUT2D eigenvalue weighted by atomic mass is 10.1. The van der Waals surface area contributed by atoms with Crippen LogP contribution in [0.3, 0.4) is 0 Å². The summed E-state index contributed by atoms with van der Waals surface area (Å²) in [6.45, 7) is 0. The topological polar surface area (TPSA) is 69.6 Å². The molecule has 0 rings (SSSR count). The van der Waals surface area contributed by atoms with Crippen LogP contribution in [0.4, 0.5) is 0 Å². The van der Waals surface area contributed by atoms with Gasteiger partial charge in [-0.05, 0) is 12.8 Å². The van der Waals surface area contributed by atoms with E-state index in [-0.39, 0.29) is 0 Å². The molecule has 0 saturated carbocycles. The van der Waals surface area contributed by atoms with E-state index in [0.717, 1.165) is 32.1 Å². The highest BCUT2D eigenvalue weighted by atomic mass is 16.5. The number of rotatable bonds is 6. The van der Waals surface area contributed by atoms with Crippen LogP contribution < -0.4 is 10.8 Å². The fraction of sp³-hybridized carbons (Fsp3) is 0.778. The Hall–Kier alpha value is -1.06. The third-order valence-electron chi connectivity index (χ3n) is 1.87. The Morgan fingerprint density at radius 1 is 0.846 bits per heavy atom. The van der Waals surface area contributed by atoms with E-state index >= 15 is 0 Å². The highest BCUT2D eigenvalue weighted by Crippen LogP contribution is 2.03. The standard InChI is InChI=1S/C9H18N2O2/c1-12-8(10)6-4-3-5-7-9(11)13-2/h10-11H,3-7H2,1-2H3/p+2. The van der Waals surface area contributed by atoms with E-state index in [2.05, 4.69) is 0 Å². The van der Waals surface area contributed by atoms with Gasteiger partial charge in [-0.1, -0.05) is 6.42 Å². The van der Waals surface area contributed by atoms with E-state index in [1.165, 1.54) is 0 Å². The van der Waals surface area contributed by atoms with E-state index < -0.39 is 0 Å². The molecule has 0 saturated heterocycles. The van der Waals surface area contributed by atoms with Crippen LogP contribution in [-0.2, 0) is 9.47 Å². The summed E-state index contributed by atoms with van der Waals surface area (Å²) < 4.78 is 9.68. The van der Waals surface area contributed by atoms with Gasteiger partial charge in [0.05, 0.1) is 27.1 Å². The highest BCUT2D eigenvalue weighted by molar-refractivity contribution is 5.69. The molecule has 0 aromatic rings. The molecule has 4 nitrogen and oxygen atoms in total. The molecule has 0 aliphatic carbocycles. The SMILES string of the molecule is COC(=[NH2+])CCCCCC(=[NH2+])OC. The smallest absolute Gasteiger partial charge is 0.332 e. The van der Waals surface area contributed by atoms with Gasteiger partial charge in [0, 0.05) is 0 Å². The third kappa shape index (κ3) is 7.31. The monoisotopic (exact) mass is 188 g/mol. The Labute approximate surface area is 79.3 Å². The van der Waals surface area contributed by atoms with E-state index in [1.54, 1.807) is 14.2 Å². The molecule has 0 radical (unpaired) electrons. The third-order valence-corrected chi connectivity index (χ3v) is 1.87. The summed E-state index contributed by atoms with van der Waals surface area (Å²) >= 11 is 0. The number of methoxy groups -OCH3 is 2. The Morgan fingerprint density at radius 3 is 1.54 bits per heavy atom. The maximum Gasteiger partial charge on any atom is 0.332 e. The van der Waals surface area contributed by atoms with Gasteiger partial charge in [0.25, 0.3) is 0 Å². The van der Waals surface area contributed by atoms with Gasteiger partial charge in [0.1, 0.15) is 0 Å². The first-order valence-electron chi connectivity index (χ1n) is 4.51. The quantitative estimate of drug-likeness (QED) is 0.304. The van der Waals surface area contributed by atoms with Crippen LogP contribution in [0.2, 0.25) is 0 Å². The van der Waals surface area contributed by atoms with Crippen molar-refractivity contribution in [3.05, 3.63) is 0 Å². The fourth-order valence-corrected chi connectivity index (χ4v) is 0.979. The van der Waals surface area contributed by atoms with Crippen LogP contribution >= 0.6 is 0 Å². The molecule has 0 bridgehead atoms. The fourth-order valence-electron chi connectivity index (χ4n) is 0.979. The van der Waals surface area contributed by atoms with Gasteiger partial charge in [-0.3, -0.25) is 0 Å². The van der Waals surface area contributed by atoms with Crippen molar-refractivity contribution in [1.29, 1.82) is 0 Å². The van der Waals surface area contributed by atoms with E-state index in [9.17, 15) is 0 Å². The van der Waals surface area contributed by atoms with Gasteiger partial charge in [-0.15, -0.1) is 0 Å². The summed E-state index contributed by atoms with van der Waals surface area (Å²) in [4.78, 5) is 0. The molecule has 0 fully saturated rings. The molecule has 0 aromatic carbocycles. The van der Waals surface area contributed by atoms with Crippen molar-refractivity contribution in [3.8, 4) is 0 Å². The summed E-state index contributed by atoms with van der Waals surface area (Å²) in [7, 11) is 3.18. The van der Waals surface area contributed by atoms with Gasteiger partial charge in [0.2, 0.25) is 0 Å². The largest absolute Gasteiger partial charge is 0.451 e. The van der Waals surface area contributed by atoms with Crippen molar-refractivity contribution in [2.24, 2.45) is 0 Å². The molecule has 0 aromatic heterocycles. The normalized spacial score (nSPS) is 9.38. The first-order chi connectivity index (χ1) is 6.20. The van der Waals surface area contributed by atoms with Crippen LogP contribution in [0.15, 0.2) is 0 Å². The first kappa shape index (κ1) is 11.9. The van der Waals surface area contributed by atoms with E-state index in [4.69, 9.17) is 20.3 Å². The minimum absolute atomic E-state index is 0.601. The predicted molar refractivity (Wildman–Crippen MR) is 51.0 cm³/mol. The molecule has 0 amide bonds. The number of unbranched alkanes of at least 4 members (excludes halogenated alkanes) is 2. The molecule has 0 spiro atoms. The molecular weight excluding hydrogens is 168 g/mol. The maximum absolute atomic E-state index is 5.48. The van der Waals surface area contributed by atoms with E-state index in [0.29, 0.717) is 11.8 Å². The zero-order chi connectivity index (χ0) is 10.1. The lowest BCUT2D eigenvalue weighted by Crippen LogP contribution is -2.41. The zero-order valence-corrected chi connectivity index (χ0v) is 8.51. The predicted octanol–water partition coefficient (Wildman–Crippen LogP) is -1.46. The van der Waals surface area contributed by atoms with Gasteiger partial charge < -0.3 is 9.47 Å². The maximum atomic E-state index is 5.48. The second-order valence-corrected chi connectivity index (χ2v) is 2.90. The molecule has 0 atom stereocenters. The van der Waals surface area contributed by atoms with Crippen LogP contribution in [0.5, 0.6) is 0 Å². The Kier molecular flexibility index (Phi) is 6.96. The lowest BCUT2D eigenvalue weighted by Gasteiger charge is -1.98.